The Hall–Kier alpha value is -1.91. The first-order chi connectivity index (χ1) is 8.90. The van der Waals surface area contributed by atoms with Gasteiger partial charge in [0.25, 0.3) is 0 Å². The monoisotopic (exact) mass is 267 g/mol. The Morgan fingerprint density at radius 3 is 2.32 bits per heavy atom. The number of benzene rings is 1. The molecule has 5 heteroatoms. The van der Waals surface area contributed by atoms with Crippen LogP contribution in [0.5, 0.6) is 0 Å². The number of carbonyl (C=O) groups excluding carboxylic acids is 1. The van der Waals surface area contributed by atoms with Crippen LogP contribution in [0.4, 0.5) is 9.18 Å². The standard InChI is InChI=1S/C14H18FNO3/c1-9(2)13(17)8-7-12(16-14(18)19)10-3-5-11(15)6-4-10/h3-6,9,12,16H,7-8H2,1-2H3,(H,18,19)/t12-/m0/s1. The molecule has 0 unspecified atom stereocenters. The molecule has 0 saturated heterocycles. The van der Waals surface area contributed by atoms with E-state index < -0.39 is 12.1 Å². The van der Waals surface area contributed by atoms with Gasteiger partial charge in [0.05, 0.1) is 6.04 Å². The van der Waals surface area contributed by atoms with Crippen LogP contribution < -0.4 is 5.32 Å². The number of carbonyl (C=O) groups is 2. The fraction of sp³-hybridized carbons (Fsp3) is 0.429. The molecule has 0 bridgehead atoms. The summed E-state index contributed by atoms with van der Waals surface area (Å²) in [6.07, 6.45) is -0.499. The van der Waals surface area contributed by atoms with Crippen LogP contribution in [0.1, 0.15) is 38.3 Å². The molecule has 0 aliphatic carbocycles. The molecule has 0 spiro atoms. The van der Waals surface area contributed by atoms with Crippen molar-refractivity contribution in [1.29, 1.82) is 0 Å². The maximum Gasteiger partial charge on any atom is 0.405 e. The number of halogens is 1. The van der Waals surface area contributed by atoms with Crippen molar-refractivity contribution in [2.45, 2.75) is 32.7 Å². The fourth-order valence-corrected chi connectivity index (χ4v) is 1.74. The number of Topliss-reactive ketones (excluding diaryl/α,β-unsaturated/α-hetero) is 1. The van der Waals surface area contributed by atoms with Crippen LogP contribution in [0.25, 0.3) is 0 Å². The summed E-state index contributed by atoms with van der Waals surface area (Å²) in [7, 11) is 0. The van der Waals surface area contributed by atoms with E-state index in [1.165, 1.54) is 24.3 Å². The number of nitrogens with one attached hydrogen (secondary N) is 1. The lowest BCUT2D eigenvalue weighted by Crippen LogP contribution is -2.27. The van der Waals surface area contributed by atoms with E-state index >= 15 is 0 Å². The van der Waals surface area contributed by atoms with Crippen molar-refractivity contribution in [2.75, 3.05) is 0 Å². The van der Waals surface area contributed by atoms with E-state index in [9.17, 15) is 14.0 Å². The van der Waals surface area contributed by atoms with Gasteiger partial charge in [-0.15, -0.1) is 0 Å². The lowest BCUT2D eigenvalue weighted by atomic mass is 9.97. The molecule has 0 heterocycles. The normalized spacial score (nSPS) is 12.2. The highest BCUT2D eigenvalue weighted by atomic mass is 19.1. The first-order valence-electron chi connectivity index (χ1n) is 6.17. The SMILES string of the molecule is CC(C)C(=O)CC[C@H](NC(=O)O)c1ccc(F)cc1. The van der Waals surface area contributed by atoms with E-state index in [1.807, 2.05) is 0 Å². The predicted molar refractivity (Wildman–Crippen MR) is 69.4 cm³/mol. The van der Waals surface area contributed by atoms with Crippen molar-refractivity contribution in [3.8, 4) is 0 Å². The highest BCUT2D eigenvalue weighted by molar-refractivity contribution is 5.80. The lowest BCUT2D eigenvalue weighted by molar-refractivity contribution is -0.122. The van der Waals surface area contributed by atoms with Gasteiger partial charge in [0.2, 0.25) is 0 Å². The van der Waals surface area contributed by atoms with Crippen LogP contribution in [0.3, 0.4) is 0 Å². The number of rotatable bonds is 6. The van der Waals surface area contributed by atoms with Crippen molar-refractivity contribution < 1.29 is 19.1 Å². The van der Waals surface area contributed by atoms with E-state index in [0.717, 1.165) is 0 Å². The van der Waals surface area contributed by atoms with Gasteiger partial charge in [0.15, 0.2) is 0 Å². The second-order valence-corrected chi connectivity index (χ2v) is 4.71. The van der Waals surface area contributed by atoms with Crippen molar-refractivity contribution >= 4 is 11.9 Å². The predicted octanol–water partition coefficient (Wildman–Crippen LogP) is 3.14. The largest absolute Gasteiger partial charge is 0.465 e. The molecule has 0 fully saturated rings. The fourth-order valence-electron chi connectivity index (χ4n) is 1.74. The minimum absolute atomic E-state index is 0.0707. The van der Waals surface area contributed by atoms with E-state index in [-0.39, 0.29) is 17.5 Å². The highest BCUT2D eigenvalue weighted by Crippen LogP contribution is 2.20. The average Bonchev–Trinajstić information content (AvgIpc) is 2.34. The lowest BCUT2D eigenvalue weighted by Gasteiger charge is -2.17. The van der Waals surface area contributed by atoms with Gasteiger partial charge in [0.1, 0.15) is 11.6 Å². The van der Waals surface area contributed by atoms with E-state index in [4.69, 9.17) is 5.11 Å². The molecule has 1 amide bonds. The molecule has 1 rings (SSSR count). The molecule has 0 aliphatic heterocycles. The molecule has 0 aromatic heterocycles. The Balaban J connectivity index is 2.74. The number of amides is 1. The topological polar surface area (TPSA) is 66.4 Å². The third-order valence-corrected chi connectivity index (χ3v) is 2.89. The Bertz CT molecular complexity index is 443. The van der Waals surface area contributed by atoms with Crippen LogP contribution in [0.15, 0.2) is 24.3 Å². The summed E-state index contributed by atoms with van der Waals surface area (Å²) in [6.45, 7) is 3.61. The van der Waals surface area contributed by atoms with Crippen LogP contribution in [0.2, 0.25) is 0 Å². The van der Waals surface area contributed by atoms with Crippen LogP contribution in [-0.2, 0) is 4.79 Å². The zero-order valence-corrected chi connectivity index (χ0v) is 11.0. The maximum atomic E-state index is 12.8. The molecule has 104 valence electrons. The average molecular weight is 267 g/mol. The number of hydrogen-bond acceptors (Lipinski definition) is 2. The molecule has 1 aromatic carbocycles. The van der Waals surface area contributed by atoms with Crippen LogP contribution >= 0.6 is 0 Å². The maximum absolute atomic E-state index is 12.8. The first kappa shape index (κ1) is 15.1. The van der Waals surface area contributed by atoms with Crippen molar-refractivity contribution in [3.63, 3.8) is 0 Å². The van der Waals surface area contributed by atoms with Crippen LogP contribution in [0, 0.1) is 11.7 Å². The summed E-state index contributed by atoms with van der Waals surface area (Å²) in [5, 5.41) is 11.2. The molecule has 4 nitrogen and oxygen atoms in total. The Labute approximate surface area is 111 Å². The van der Waals surface area contributed by atoms with E-state index in [2.05, 4.69) is 5.32 Å². The van der Waals surface area contributed by atoms with Gasteiger partial charge in [0, 0.05) is 12.3 Å². The molecular weight excluding hydrogens is 249 g/mol. The Morgan fingerprint density at radius 1 is 1.26 bits per heavy atom. The van der Waals surface area contributed by atoms with Crippen molar-refractivity contribution in [3.05, 3.63) is 35.6 Å². The summed E-state index contributed by atoms with van der Waals surface area (Å²) < 4.78 is 12.8. The summed E-state index contributed by atoms with van der Waals surface area (Å²) in [4.78, 5) is 22.3. The Morgan fingerprint density at radius 2 is 1.84 bits per heavy atom. The van der Waals surface area contributed by atoms with E-state index in [1.54, 1.807) is 13.8 Å². The van der Waals surface area contributed by atoms with Gasteiger partial charge < -0.3 is 10.4 Å². The Kier molecular flexibility index (Phi) is 5.48. The summed E-state index contributed by atoms with van der Waals surface area (Å²) >= 11 is 0. The number of ketones is 1. The summed E-state index contributed by atoms with van der Waals surface area (Å²) in [6, 6.07) is 5.10. The molecule has 0 saturated carbocycles. The smallest absolute Gasteiger partial charge is 0.405 e. The second-order valence-electron chi connectivity index (χ2n) is 4.71. The van der Waals surface area contributed by atoms with Crippen molar-refractivity contribution in [2.24, 2.45) is 5.92 Å². The quantitative estimate of drug-likeness (QED) is 0.832. The van der Waals surface area contributed by atoms with Crippen molar-refractivity contribution in [1.82, 2.24) is 5.32 Å². The van der Waals surface area contributed by atoms with E-state index in [0.29, 0.717) is 18.4 Å². The summed E-state index contributed by atoms with van der Waals surface area (Å²) in [5.74, 6) is -0.367. The molecule has 1 atom stereocenters. The third kappa shape index (κ3) is 5.07. The second kappa shape index (κ2) is 6.87. The van der Waals surface area contributed by atoms with Gasteiger partial charge in [-0.1, -0.05) is 26.0 Å². The summed E-state index contributed by atoms with van der Waals surface area (Å²) in [5.41, 5.74) is 0.653. The van der Waals surface area contributed by atoms with Gasteiger partial charge in [-0.05, 0) is 24.1 Å². The minimum Gasteiger partial charge on any atom is -0.465 e. The van der Waals surface area contributed by atoms with Gasteiger partial charge in [-0.25, -0.2) is 9.18 Å². The number of hydrogen-bond donors (Lipinski definition) is 2. The number of carboxylic acid groups (broad SMARTS) is 1. The molecular formula is C14H18FNO3. The zero-order valence-electron chi connectivity index (χ0n) is 11.0. The molecule has 0 aliphatic rings. The van der Waals surface area contributed by atoms with Gasteiger partial charge in [-0.2, -0.15) is 0 Å². The van der Waals surface area contributed by atoms with Gasteiger partial charge >= 0.3 is 6.09 Å². The molecule has 2 N–H and O–H groups in total. The third-order valence-electron chi connectivity index (χ3n) is 2.89. The van der Waals surface area contributed by atoms with Crippen LogP contribution in [-0.4, -0.2) is 17.0 Å². The zero-order chi connectivity index (χ0) is 14.4. The van der Waals surface area contributed by atoms with Gasteiger partial charge in [-0.3, -0.25) is 4.79 Å². The highest BCUT2D eigenvalue weighted by Gasteiger charge is 2.17. The minimum atomic E-state index is -1.16. The molecule has 0 radical (unpaired) electrons. The molecule has 19 heavy (non-hydrogen) atoms. The molecule has 1 aromatic rings. The first-order valence-corrected chi connectivity index (χ1v) is 6.17.